The van der Waals surface area contributed by atoms with Crippen molar-refractivity contribution in [2.75, 3.05) is 29.5 Å². The minimum absolute atomic E-state index is 0.302. The average molecular weight is 479 g/mol. The predicted molar refractivity (Wildman–Crippen MR) is 124 cm³/mol. The molecule has 8 nitrogen and oxygen atoms in total. The molecule has 164 valence electrons. The van der Waals surface area contributed by atoms with Crippen molar-refractivity contribution in [3.05, 3.63) is 59.7 Å². The Balaban J connectivity index is 1.68. The first kappa shape index (κ1) is 23.0. The summed E-state index contributed by atoms with van der Waals surface area (Å²) >= 11 is 2.75. The Morgan fingerprint density at radius 3 is 2.61 bits per heavy atom. The third kappa shape index (κ3) is 6.42. The van der Waals surface area contributed by atoms with Crippen molar-refractivity contribution < 1.29 is 17.9 Å². The molecule has 0 atom stereocenters. The van der Waals surface area contributed by atoms with Crippen LogP contribution in [0.3, 0.4) is 0 Å². The van der Waals surface area contributed by atoms with Gasteiger partial charge in [0.1, 0.15) is 12.3 Å². The van der Waals surface area contributed by atoms with Crippen molar-refractivity contribution in [2.24, 2.45) is 0 Å². The number of aromatic nitrogens is 2. The normalized spacial score (nSPS) is 11.2. The maximum absolute atomic E-state index is 12.6. The number of methoxy groups -OCH3 is 1. The van der Waals surface area contributed by atoms with Gasteiger partial charge in [-0.15, -0.1) is 10.2 Å². The van der Waals surface area contributed by atoms with Crippen molar-refractivity contribution in [2.45, 2.75) is 17.0 Å². The maximum atomic E-state index is 12.6. The number of ether oxygens (including phenoxy) is 1. The molecule has 0 radical (unpaired) electrons. The van der Waals surface area contributed by atoms with E-state index in [4.69, 9.17) is 4.74 Å². The summed E-state index contributed by atoms with van der Waals surface area (Å²) in [5.74, 6) is 0.572. The lowest BCUT2D eigenvalue weighted by Crippen LogP contribution is -2.37. The van der Waals surface area contributed by atoms with E-state index in [1.165, 1.54) is 30.2 Å². The molecule has 2 aromatic carbocycles. The Morgan fingerprint density at radius 1 is 1.19 bits per heavy atom. The Bertz CT molecular complexity index is 1150. The van der Waals surface area contributed by atoms with Crippen LogP contribution in [0, 0.1) is 6.92 Å². The molecule has 1 amide bonds. The highest BCUT2D eigenvalue weighted by atomic mass is 32.2. The van der Waals surface area contributed by atoms with Gasteiger partial charge in [0.25, 0.3) is 0 Å². The van der Waals surface area contributed by atoms with Crippen LogP contribution in [0.2, 0.25) is 0 Å². The molecule has 0 spiro atoms. The maximum Gasteiger partial charge on any atom is 0.246 e. The fourth-order valence-electron chi connectivity index (χ4n) is 2.70. The smallest absolute Gasteiger partial charge is 0.246 e. The minimum atomic E-state index is -3.73. The number of nitrogens with one attached hydrogen (secondary N) is 1. The van der Waals surface area contributed by atoms with E-state index >= 15 is 0 Å². The summed E-state index contributed by atoms with van der Waals surface area (Å²) in [7, 11) is -2.28. The Hall–Kier alpha value is -2.63. The van der Waals surface area contributed by atoms with Gasteiger partial charge >= 0.3 is 0 Å². The zero-order chi connectivity index (χ0) is 22.4. The first-order valence-electron chi connectivity index (χ1n) is 9.18. The molecular weight excluding hydrogens is 456 g/mol. The average Bonchev–Trinajstić information content (AvgIpc) is 3.17. The summed E-state index contributed by atoms with van der Waals surface area (Å²) < 4.78 is 31.8. The number of carbonyl (C=O) groups excluding carboxylic acids is 1. The Kier molecular flexibility index (Phi) is 7.52. The van der Waals surface area contributed by atoms with Crippen LogP contribution < -0.4 is 14.4 Å². The summed E-state index contributed by atoms with van der Waals surface area (Å²) in [6.45, 7) is 1.42. The molecule has 11 heteroatoms. The van der Waals surface area contributed by atoms with Crippen LogP contribution in [0.4, 0.5) is 10.8 Å². The van der Waals surface area contributed by atoms with Gasteiger partial charge in [0.2, 0.25) is 21.1 Å². The van der Waals surface area contributed by atoms with Gasteiger partial charge in [-0.1, -0.05) is 59.5 Å². The van der Waals surface area contributed by atoms with E-state index in [9.17, 15) is 13.2 Å². The van der Waals surface area contributed by atoms with E-state index in [1.54, 1.807) is 18.2 Å². The lowest BCUT2D eigenvalue weighted by Gasteiger charge is -2.23. The van der Waals surface area contributed by atoms with Gasteiger partial charge in [-0.25, -0.2) is 8.42 Å². The summed E-state index contributed by atoms with van der Waals surface area (Å²) in [4.78, 5) is 12.6. The predicted octanol–water partition coefficient (Wildman–Crippen LogP) is 3.55. The number of anilines is 2. The van der Waals surface area contributed by atoms with Crippen molar-refractivity contribution in [1.29, 1.82) is 0 Å². The highest BCUT2D eigenvalue weighted by Crippen LogP contribution is 2.31. The number of aryl methyl sites for hydroxylation is 1. The quantitative estimate of drug-likeness (QED) is 0.371. The van der Waals surface area contributed by atoms with E-state index in [0.29, 0.717) is 20.9 Å². The number of amides is 1. The van der Waals surface area contributed by atoms with Gasteiger partial charge in [0.05, 0.1) is 19.1 Å². The molecule has 1 heterocycles. The topological polar surface area (TPSA) is 101 Å². The van der Waals surface area contributed by atoms with Gasteiger partial charge in [0, 0.05) is 5.75 Å². The number of thioether (sulfide) groups is 1. The molecule has 0 saturated heterocycles. The highest BCUT2D eigenvalue weighted by Gasteiger charge is 2.24. The van der Waals surface area contributed by atoms with Gasteiger partial charge in [0.15, 0.2) is 4.34 Å². The van der Waals surface area contributed by atoms with Crippen LogP contribution >= 0.6 is 23.1 Å². The zero-order valence-electron chi connectivity index (χ0n) is 17.2. The number of sulfonamides is 1. The van der Waals surface area contributed by atoms with Gasteiger partial charge in [-0.2, -0.15) is 0 Å². The van der Waals surface area contributed by atoms with Crippen molar-refractivity contribution in [3.8, 4) is 5.75 Å². The molecule has 3 aromatic rings. The monoisotopic (exact) mass is 478 g/mol. The first-order chi connectivity index (χ1) is 14.8. The summed E-state index contributed by atoms with van der Waals surface area (Å²) in [5, 5.41) is 11.0. The fraction of sp³-hybridized carbons (Fsp3) is 0.250. The van der Waals surface area contributed by atoms with Crippen molar-refractivity contribution in [3.63, 3.8) is 0 Å². The first-order valence-corrected chi connectivity index (χ1v) is 12.8. The molecule has 0 fully saturated rings. The molecule has 0 bridgehead atoms. The number of carbonyl (C=O) groups is 1. The lowest BCUT2D eigenvalue weighted by molar-refractivity contribution is -0.114. The van der Waals surface area contributed by atoms with Crippen LogP contribution in [0.25, 0.3) is 0 Å². The second-order valence-corrected chi connectivity index (χ2v) is 10.7. The summed E-state index contributed by atoms with van der Waals surface area (Å²) in [5.41, 5.74) is 2.30. The molecule has 0 saturated carbocycles. The SMILES string of the molecule is COc1ccc(C)cc1N(CC(=O)Nc1nnc(SCc2ccccc2)s1)S(C)(=O)=O. The number of rotatable bonds is 9. The molecule has 31 heavy (non-hydrogen) atoms. The third-order valence-corrected chi connectivity index (χ3v) is 7.32. The van der Waals surface area contributed by atoms with Crippen molar-refractivity contribution >= 4 is 49.8 Å². The van der Waals surface area contributed by atoms with Gasteiger partial charge in [-0.3, -0.25) is 14.4 Å². The standard InChI is InChI=1S/C20H22N4O4S3/c1-14-9-10-17(28-2)16(11-14)24(31(3,26)27)12-18(25)21-19-22-23-20(30-19)29-13-15-7-5-4-6-8-15/h4-11H,12-13H2,1-3H3,(H,21,22,25). The molecule has 0 aliphatic rings. The molecular formula is C20H22N4O4S3. The molecule has 1 N–H and O–H groups in total. The fourth-order valence-corrected chi connectivity index (χ4v) is 5.28. The molecule has 3 rings (SSSR count). The Morgan fingerprint density at radius 2 is 1.94 bits per heavy atom. The summed E-state index contributed by atoms with van der Waals surface area (Å²) in [6, 6.07) is 15.1. The van der Waals surface area contributed by atoms with E-state index in [1.807, 2.05) is 37.3 Å². The number of nitrogens with zero attached hydrogens (tertiary/aromatic N) is 3. The molecule has 0 aliphatic heterocycles. The zero-order valence-corrected chi connectivity index (χ0v) is 19.7. The lowest BCUT2D eigenvalue weighted by atomic mass is 10.2. The summed E-state index contributed by atoms with van der Waals surface area (Å²) in [6.07, 6.45) is 1.05. The van der Waals surface area contributed by atoms with Crippen LogP contribution in [0.15, 0.2) is 52.9 Å². The molecule has 1 aromatic heterocycles. The van der Waals surface area contributed by atoms with E-state index in [-0.39, 0.29) is 0 Å². The number of hydrogen-bond donors (Lipinski definition) is 1. The number of hydrogen-bond acceptors (Lipinski definition) is 8. The largest absolute Gasteiger partial charge is 0.495 e. The van der Waals surface area contributed by atoms with Gasteiger partial charge in [-0.05, 0) is 30.2 Å². The molecule has 0 aliphatic carbocycles. The highest BCUT2D eigenvalue weighted by molar-refractivity contribution is 8.00. The Labute approximate surface area is 189 Å². The molecule has 0 unspecified atom stereocenters. The van der Waals surface area contributed by atoms with E-state index in [0.717, 1.165) is 27.4 Å². The second-order valence-electron chi connectivity index (χ2n) is 6.64. The third-order valence-electron chi connectivity index (χ3n) is 4.15. The minimum Gasteiger partial charge on any atom is -0.495 e. The van der Waals surface area contributed by atoms with Gasteiger partial charge < -0.3 is 4.74 Å². The van der Waals surface area contributed by atoms with Crippen LogP contribution in [0.1, 0.15) is 11.1 Å². The number of benzene rings is 2. The van der Waals surface area contributed by atoms with Crippen LogP contribution in [-0.4, -0.2) is 44.4 Å². The van der Waals surface area contributed by atoms with E-state index in [2.05, 4.69) is 15.5 Å². The van der Waals surface area contributed by atoms with E-state index < -0.39 is 22.5 Å². The van der Waals surface area contributed by atoms with Crippen LogP contribution in [0.5, 0.6) is 5.75 Å². The van der Waals surface area contributed by atoms with Crippen LogP contribution in [-0.2, 0) is 20.6 Å². The second kappa shape index (κ2) is 10.1. The van der Waals surface area contributed by atoms with Crippen molar-refractivity contribution in [1.82, 2.24) is 10.2 Å².